The summed E-state index contributed by atoms with van der Waals surface area (Å²) in [4.78, 5) is 25.6. The van der Waals surface area contributed by atoms with Crippen molar-refractivity contribution in [1.82, 2.24) is 0 Å². The largest absolute Gasteiger partial charge is 0.363 e. The maximum Gasteiger partial charge on any atom is 0.363 e. The summed E-state index contributed by atoms with van der Waals surface area (Å²) in [7, 11) is -3.28. The monoisotopic (exact) mass is 420 g/mol. The zero-order valence-electron chi connectivity index (χ0n) is 15.4. The minimum absolute atomic E-state index is 0.0619. The molecule has 0 radical (unpaired) electrons. The van der Waals surface area contributed by atoms with Gasteiger partial charge in [-0.1, -0.05) is 11.6 Å². The van der Waals surface area contributed by atoms with Crippen molar-refractivity contribution < 1.29 is 22.9 Å². The lowest BCUT2D eigenvalue weighted by Crippen LogP contribution is -3.21. The maximum atomic E-state index is 13.0. The van der Waals surface area contributed by atoms with E-state index in [0.29, 0.717) is 5.02 Å². The number of quaternary nitrogens is 1. The van der Waals surface area contributed by atoms with Crippen molar-refractivity contribution in [2.24, 2.45) is 0 Å². The predicted octanol–water partition coefficient (Wildman–Crippen LogP) is 0.923. The van der Waals surface area contributed by atoms with Gasteiger partial charge >= 0.3 is 11.8 Å². The minimum Gasteiger partial charge on any atom is -0.360 e. The normalized spacial score (nSPS) is 25.9. The third-order valence-corrected chi connectivity index (χ3v) is 7.06. The Labute approximate surface area is 168 Å². The van der Waals surface area contributed by atoms with Crippen LogP contribution >= 0.6 is 11.6 Å². The van der Waals surface area contributed by atoms with Crippen molar-refractivity contribution >= 4 is 38.9 Å². The van der Waals surface area contributed by atoms with Crippen LogP contribution in [0.15, 0.2) is 41.1 Å². The molecule has 2 amide bonds. The molecule has 1 saturated heterocycles. The lowest BCUT2D eigenvalue weighted by molar-refractivity contribution is -0.761. The lowest BCUT2D eigenvalue weighted by Gasteiger charge is -2.25. The second kappa shape index (κ2) is 7.51. The highest BCUT2D eigenvalue weighted by Crippen LogP contribution is 2.23. The van der Waals surface area contributed by atoms with Crippen LogP contribution in [0.1, 0.15) is 18.9 Å². The Bertz CT molecular complexity index is 1080. The molecule has 2 aliphatic heterocycles. The molecule has 1 aromatic rings. The van der Waals surface area contributed by atoms with Gasteiger partial charge in [-0.3, -0.25) is 0 Å². The number of sulfone groups is 1. The highest BCUT2D eigenvalue weighted by molar-refractivity contribution is 7.91. The van der Waals surface area contributed by atoms with Gasteiger partial charge in [-0.2, -0.15) is 10.2 Å². The minimum atomic E-state index is -3.28. The van der Waals surface area contributed by atoms with Gasteiger partial charge in [0.05, 0.1) is 5.75 Å². The first kappa shape index (κ1) is 20.3. The van der Waals surface area contributed by atoms with Gasteiger partial charge in [0.2, 0.25) is 0 Å². The molecule has 9 heteroatoms. The Morgan fingerprint density at radius 2 is 2.00 bits per heavy atom. The summed E-state index contributed by atoms with van der Waals surface area (Å²) in [5, 5.41) is 13.0. The molecule has 28 heavy (non-hydrogen) atoms. The molecule has 1 unspecified atom stereocenters. The standard InChI is InChI=1S/C19H18ClN3O4S/c1-11-7-13(20)3-4-17(11)22-9-16-12(2)15(8-21)18(24)23(19(16)25)14-5-6-28(26,27)10-14/h3-4,7,9,14,22H,5-6,10H2,1-2H3/p+1/b16-9+/t14-/m0/s1. The SMILES string of the molecule is CC1=C(C#N)C(=O)[NH+]([C@H]2CCS(=O)(=O)C2)C(=O)/C1=C/Nc1ccc(Cl)cc1C. The van der Waals surface area contributed by atoms with Gasteiger partial charge in [0.25, 0.3) is 0 Å². The molecule has 2 heterocycles. The van der Waals surface area contributed by atoms with Crippen molar-refractivity contribution in [3.63, 3.8) is 0 Å². The number of nitriles is 1. The molecule has 0 saturated carbocycles. The van der Waals surface area contributed by atoms with Gasteiger partial charge in [0.15, 0.2) is 15.4 Å². The van der Waals surface area contributed by atoms with Crippen LogP contribution in [0.25, 0.3) is 0 Å². The van der Waals surface area contributed by atoms with Crippen molar-refractivity contribution in [2.75, 3.05) is 16.8 Å². The zero-order valence-corrected chi connectivity index (χ0v) is 16.9. The quantitative estimate of drug-likeness (QED) is 0.556. The lowest BCUT2D eigenvalue weighted by atomic mass is 9.94. The Kier molecular flexibility index (Phi) is 5.44. The summed E-state index contributed by atoms with van der Waals surface area (Å²) in [6.07, 6.45) is 1.67. The number of carbonyl (C=O) groups excluding carboxylic acids is 2. The van der Waals surface area contributed by atoms with Crippen molar-refractivity contribution in [3.05, 3.63) is 51.7 Å². The number of rotatable bonds is 3. The number of carbonyl (C=O) groups is 2. The predicted molar refractivity (Wildman–Crippen MR) is 104 cm³/mol. The molecule has 1 fully saturated rings. The van der Waals surface area contributed by atoms with E-state index in [9.17, 15) is 23.3 Å². The van der Waals surface area contributed by atoms with E-state index < -0.39 is 27.7 Å². The Hall–Kier alpha value is -2.47. The molecular formula is C19H19ClN3O4S+. The van der Waals surface area contributed by atoms with Crippen molar-refractivity contribution in [1.29, 1.82) is 5.26 Å². The molecule has 2 N–H and O–H groups in total. The molecule has 146 valence electrons. The topological polar surface area (TPSA) is 109 Å². The average Bonchev–Trinajstić information content (AvgIpc) is 2.96. The second-order valence-electron chi connectivity index (χ2n) is 6.95. The van der Waals surface area contributed by atoms with E-state index in [1.807, 2.05) is 13.0 Å². The number of imide groups is 1. The number of benzene rings is 1. The highest BCUT2D eigenvalue weighted by Gasteiger charge is 2.48. The molecule has 7 nitrogen and oxygen atoms in total. The average molecular weight is 421 g/mol. The summed E-state index contributed by atoms with van der Waals surface area (Å²) in [6.45, 7) is 3.39. The molecule has 2 aliphatic rings. The van der Waals surface area contributed by atoms with Gasteiger partial charge in [0.1, 0.15) is 23.4 Å². The van der Waals surface area contributed by atoms with Crippen LogP contribution in [0.3, 0.4) is 0 Å². The number of amides is 2. The fourth-order valence-electron chi connectivity index (χ4n) is 3.50. The zero-order chi connectivity index (χ0) is 20.6. The first-order valence-electron chi connectivity index (χ1n) is 8.65. The number of hydrogen-bond acceptors (Lipinski definition) is 6. The van der Waals surface area contributed by atoms with Gasteiger partial charge in [-0.25, -0.2) is 18.0 Å². The summed E-state index contributed by atoms with van der Waals surface area (Å²) in [5.41, 5.74) is 1.92. The Balaban J connectivity index is 1.99. The molecule has 2 atom stereocenters. The Morgan fingerprint density at radius 1 is 1.29 bits per heavy atom. The number of halogens is 1. The third-order valence-electron chi connectivity index (χ3n) is 5.05. The van der Waals surface area contributed by atoms with E-state index in [0.717, 1.165) is 11.3 Å². The van der Waals surface area contributed by atoms with Crippen molar-refractivity contribution in [2.45, 2.75) is 26.3 Å². The first-order valence-corrected chi connectivity index (χ1v) is 10.9. The second-order valence-corrected chi connectivity index (χ2v) is 9.61. The van der Waals surface area contributed by atoms with E-state index in [-0.39, 0.29) is 39.5 Å². The Morgan fingerprint density at radius 3 is 2.57 bits per heavy atom. The van der Waals surface area contributed by atoms with E-state index in [2.05, 4.69) is 5.32 Å². The number of hydrogen-bond donors (Lipinski definition) is 2. The van der Waals surface area contributed by atoms with Crippen LogP contribution in [-0.4, -0.2) is 37.8 Å². The van der Waals surface area contributed by atoms with Crippen LogP contribution in [0.5, 0.6) is 0 Å². The van der Waals surface area contributed by atoms with Gasteiger partial charge in [-0.15, -0.1) is 0 Å². The smallest absolute Gasteiger partial charge is 0.360 e. The molecule has 0 aromatic heterocycles. The molecule has 0 bridgehead atoms. The maximum absolute atomic E-state index is 13.0. The van der Waals surface area contributed by atoms with Gasteiger partial charge in [0, 0.05) is 23.3 Å². The first-order chi connectivity index (χ1) is 13.1. The van der Waals surface area contributed by atoms with Crippen molar-refractivity contribution in [3.8, 4) is 6.07 Å². The van der Waals surface area contributed by atoms with Crippen LogP contribution < -0.4 is 10.2 Å². The number of aryl methyl sites for hydroxylation is 1. The molecule has 0 spiro atoms. The van der Waals surface area contributed by atoms with E-state index in [1.165, 1.54) is 6.20 Å². The summed E-state index contributed by atoms with van der Waals surface area (Å²) in [5.74, 6) is -1.49. The number of nitrogens with one attached hydrogen (secondary N) is 2. The van der Waals surface area contributed by atoms with E-state index in [1.54, 1.807) is 25.1 Å². The van der Waals surface area contributed by atoms with E-state index in [4.69, 9.17) is 11.6 Å². The van der Waals surface area contributed by atoms with Crippen LogP contribution in [0.4, 0.5) is 5.69 Å². The summed E-state index contributed by atoms with van der Waals surface area (Å²) in [6, 6.07) is 6.41. The highest BCUT2D eigenvalue weighted by atomic mass is 35.5. The summed E-state index contributed by atoms with van der Waals surface area (Å²) >= 11 is 5.95. The number of anilines is 1. The molecule has 3 rings (SSSR count). The molecule has 1 aromatic carbocycles. The molecular weight excluding hydrogens is 402 g/mol. The van der Waals surface area contributed by atoms with Gasteiger partial charge < -0.3 is 5.32 Å². The van der Waals surface area contributed by atoms with Crippen LogP contribution in [-0.2, 0) is 19.4 Å². The fourth-order valence-corrected chi connectivity index (χ4v) is 5.48. The fraction of sp³-hybridized carbons (Fsp3) is 0.316. The van der Waals surface area contributed by atoms with Crippen LogP contribution in [0.2, 0.25) is 5.02 Å². The summed E-state index contributed by atoms with van der Waals surface area (Å²) < 4.78 is 23.6. The third kappa shape index (κ3) is 3.74. The number of nitrogens with zero attached hydrogens (tertiary/aromatic N) is 1. The van der Waals surface area contributed by atoms with Gasteiger partial charge in [-0.05, 0) is 43.2 Å². The molecule has 0 aliphatic carbocycles. The van der Waals surface area contributed by atoms with E-state index >= 15 is 0 Å². The van der Waals surface area contributed by atoms with Crippen LogP contribution in [0, 0.1) is 18.3 Å².